The number of carbonyl (C=O) groups excluding carboxylic acids is 5. The van der Waals surface area contributed by atoms with Gasteiger partial charge in [-0.25, -0.2) is 0 Å². The molecule has 682 valence electrons. The molecule has 0 bridgehead atoms. The molecule has 0 aromatic heterocycles. The minimum Gasteiger partial charge on any atom is -0.298 e. The monoisotopic (exact) mass is 1840 g/mol. The first kappa shape index (κ1) is 88.4. The van der Waals surface area contributed by atoms with Crippen molar-refractivity contribution in [1.29, 1.82) is 0 Å². The number of carbonyl (C=O) groups is 5. The maximum Gasteiger partial charge on any atom is 0.150 e. The molecule has 0 atom stereocenters. The number of aryl methyl sites for hydroxylation is 9. The Morgan fingerprint density at radius 2 is 0.308 bits per heavy atom. The van der Waals surface area contributed by atoms with Gasteiger partial charge in [-0.15, -0.1) is 0 Å². The Balaban J connectivity index is 0.000000104. The molecule has 0 aliphatic heterocycles. The molecule has 7 aliphatic rings. The van der Waals surface area contributed by atoms with E-state index in [4.69, 9.17) is 0 Å². The van der Waals surface area contributed by atoms with Crippen LogP contribution in [0.15, 0.2) is 413 Å². The van der Waals surface area contributed by atoms with Crippen LogP contribution in [0.4, 0.5) is 0 Å². The summed E-state index contributed by atoms with van der Waals surface area (Å²) in [5, 5.41) is 0. The fraction of sp³-hybridized carbons (Fsp3) is 0.0942. The highest BCUT2D eigenvalue weighted by atomic mass is 16.1. The van der Waals surface area contributed by atoms with Crippen LogP contribution < -0.4 is 0 Å². The molecular weight excluding hydrogens is 1740 g/mol. The molecule has 27 rings (SSSR count). The molecule has 0 heterocycles. The van der Waals surface area contributed by atoms with Gasteiger partial charge in [0.25, 0.3) is 0 Å². The van der Waals surface area contributed by atoms with Gasteiger partial charge >= 0.3 is 0 Å². The lowest BCUT2D eigenvalue weighted by Crippen LogP contribution is -2.28. The number of fused-ring (bicyclic) bond motifs is 33. The van der Waals surface area contributed by atoms with Crippen molar-refractivity contribution in [2.45, 2.75) is 84.0 Å². The summed E-state index contributed by atoms with van der Waals surface area (Å²) in [7, 11) is 0. The zero-order valence-corrected chi connectivity index (χ0v) is 81.2. The van der Waals surface area contributed by atoms with Gasteiger partial charge in [0.2, 0.25) is 0 Å². The number of rotatable bonds is 11. The van der Waals surface area contributed by atoms with Crippen LogP contribution in [0.5, 0.6) is 0 Å². The first-order valence-electron chi connectivity index (χ1n) is 49.3. The fourth-order valence-corrected chi connectivity index (χ4v) is 25.0. The molecule has 0 amide bonds. The molecule has 0 radical (unpaired) electrons. The second-order valence-electron chi connectivity index (χ2n) is 40.1. The third-order valence-electron chi connectivity index (χ3n) is 31.5. The van der Waals surface area contributed by atoms with E-state index in [1.54, 1.807) is 0 Å². The number of aldehydes is 5. The van der Waals surface area contributed by atoms with Gasteiger partial charge in [0.05, 0.1) is 21.7 Å². The predicted octanol–water partition coefficient (Wildman–Crippen LogP) is 32.6. The van der Waals surface area contributed by atoms with Gasteiger partial charge in [-0.05, 0) is 298 Å². The number of hydrogen-bond acceptors (Lipinski definition) is 5. The highest BCUT2D eigenvalue weighted by Gasteiger charge is 2.56. The van der Waals surface area contributed by atoms with E-state index in [0.29, 0.717) is 27.8 Å². The second-order valence-corrected chi connectivity index (χ2v) is 40.1. The standard InChI is InChI=1S/C41H28O2.2C34H24O.C29H24O/c1-25-3-15-33-34-16-4-26(2)20-40(34)41(39(33)19-25)37-17-13-31(29-9-5-27(23-42)6-10-29)21-35(37)36-22-32(14-18-38(36)41)30-11-7-28(24-43)8-12-30;1-21-7-14-27-28-15-8-22(2)18-33(28)34(32(27)17-21)30-6-4-3-5-26(30)29-19-25(13-16-31(29)34)24-11-9-23(20-35)10-12-24;1-21-7-14-27-28-15-8-22(2)18-32(28)34(31(27)17-21)30-6-4-3-5-26(30)29-16-13-25(19-33(29)34)24-11-9-23(20-35)10-12-24;1-19-4-10-23(11-5-19)29(24-12-8-22(18-30)9-13-24)27-16-20(2)6-14-25(27)26-15-7-21(3)17-28(26)29/h3-24H,1-2H3;2*3-20H,1-2H3;4-18H,1-3H3. The maximum absolute atomic E-state index is 11.3. The lowest BCUT2D eigenvalue weighted by molar-refractivity contribution is 0.111. The average Bonchev–Trinajstić information content (AvgIpc) is 1.52. The van der Waals surface area contributed by atoms with Crippen molar-refractivity contribution < 1.29 is 24.0 Å². The van der Waals surface area contributed by atoms with Crippen LogP contribution in [-0.2, 0) is 21.7 Å². The Morgan fingerprint density at radius 3 is 0.580 bits per heavy atom. The molecule has 5 nitrogen and oxygen atoms in total. The van der Waals surface area contributed by atoms with Crippen LogP contribution in [0.2, 0.25) is 0 Å². The van der Waals surface area contributed by atoms with Gasteiger partial charge in [0, 0.05) is 27.8 Å². The summed E-state index contributed by atoms with van der Waals surface area (Å²) < 4.78 is 0. The molecule has 0 fully saturated rings. The van der Waals surface area contributed by atoms with Crippen LogP contribution in [-0.4, -0.2) is 31.4 Å². The van der Waals surface area contributed by atoms with E-state index in [-0.39, 0.29) is 10.8 Å². The molecule has 0 saturated heterocycles. The summed E-state index contributed by atoms with van der Waals surface area (Å²) >= 11 is 0. The Morgan fingerprint density at radius 1 is 0.133 bits per heavy atom. The fourth-order valence-electron chi connectivity index (χ4n) is 25.0. The largest absolute Gasteiger partial charge is 0.298 e. The van der Waals surface area contributed by atoms with Gasteiger partial charge in [0.15, 0.2) is 0 Å². The van der Waals surface area contributed by atoms with Crippen molar-refractivity contribution in [3.63, 3.8) is 0 Å². The van der Waals surface area contributed by atoms with Gasteiger partial charge in [-0.1, -0.05) is 438 Å². The SMILES string of the molecule is Cc1ccc(C2(c3ccc(C=O)cc3)c3cc(C)ccc3-c3ccc(C)cc32)cc1.Cc1ccc2c(c1)C1(c3ccc(-c4ccc(C=O)cc4)cc3-c3cc(-c4ccc(C=O)cc4)ccc31)c1cc(C)ccc1-2.Cc1ccc2c(c1)C1(c3ccccc3-c3cc(-c4ccc(C=O)cc4)ccc31)c1cc(C)ccc1-2.Cc1ccc2c(c1)C1(c3ccccc3-c3ccc(-c4ccc(C=O)cc4)cc31)c1cc(C)ccc1-2. The van der Waals surface area contributed by atoms with Crippen molar-refractivity contribution >= 4 is 31.4 Å². The summed E-state index contributed by atoms with van der Waals surface area (Å²) in [4.78, 5) is 56.3. The van der Waals surface area contributed by atoms with Crippen molar-refractivity contribution in [1.82, 2.24) is 0 Å². The average molecular weight is 1840 g/mol. The van der Waals surface area contributed by atoms with Crippen molar-refractivity contribution in [2.75, 3.05) is 0 Å². The Hall–Kier alpha value is -17.3. The molecule has 0 N–H and O–H groups in total. The summed E-state index contributed by atoms with van der Waals surface area (Å²) in [5.41, 5.74) is 61.7. The van der Waals surface area contributed by atoms with Gasteiger partial charge in [0.1, 0.15) is 31.4 Å². The lowest BCUT2D eigenvalue weighted by Gasteiger charge is -2.34. The van der Waals surface area contributed by atoms with E-state index >= 15 is 0 Å². The van der Waals surface area contributed by atoms with E-state index in [1.165, 1.54) is 228 Å². The highest BCUT2D eigenvalue weighted by Crippen LogP contribution is 2.68. The summed E-state index contributed by atoms with van der Waals surface area (Å²) in [6, 6.07) is 149. The molecule has 20 aromatic carbocycles. The highest BCUT2D eigenvalue weighted by molar-refractivity contribution is 6.02. The van der Waals surface area contributed by atoms with Crippen molar-refractivity contribution in [2.24, 2.45) is 0 Å². The third kappa shape index (κ3) is 13.7. The summed E-state index contributed by atoms with van der Waals surface area (Å²) in [6.45, 7) is 19.6. The van der Waals surface area contributed by atoms with E-state index in [1.807, 2.05) is 109 Å². The van der Waals surface area contributed by atoms with Crippen LogP contribution in [0.25, 0.3) is 122 Å². The van der Waals surface area contributed by atoms with Gasteiger partial charge < -0.3 is 0 Å². The van der Waals surface area contributed by atoms with Crippen molar-refractivity contribution in [3.8, 4) is 122 Å². The van der Waals surface area contributed by atoms with Crippen LogP contribution in [0, 0.1) is 62.3 Å². The zero-order chi connectivity index (χ0) is 97.6. The Labute approximate surface area is 835 Å². The summed E-state index contributed by atoms with van der Waals surface area (Å²) in [6.07, 6.45) is 4.47. The van der Waals surface area contributed by atoms with E-state index in [0.717, 1.165) is 64.8 Å². The van der Waals surface area contributed by atoms with Crippen molar-refractivity contribution in [3.05, 3.63) is 579 Å². The number of benzene rings is 20. The van der Waals surface area contributed by atoms with Gasteiger partial charge in [-0.2, -0.15) is 0 Å². The quantitative estimate of drug-likeness (QED) is 0.120. The predicted molar refractivity (Wildman–Crippen MR) is 583 cm³/mol. The van der Waals surface area contributed by atoms with E-state index in [9.17, 15) is 24.0 Å². The minimum atomic E-state index is -0.423. The molecule has 0 unspecified atom stereocenters. The van der Waals surface area contributed by atoms with Crippen LogP contribution in [0.1, 0.15) is 191 Å². The smallest absolute Gasteiger partial charge is 0.150 e. The molecular formula is C138H100O5. The maximum atomic E-state index is 11.3. The first-order valence-corrected chi connectivity index (χ1v) is 49.3. The zero-order valence-electron chi connectivity index (χ0n) is 81.2. The summed E-state index contributed by atoms with van der Waals surface area (Å²) in [5.74, 6) is 0. The third-order valence-corrected chi connectivity index (χ3v) is 31.5. The van der Waals surface area contributed by atoms with Crippen LogP contribution in [0.3, 0.4) is 0 Å². The number of hydrogen-bond donors (Lipinski definition) is 0. The Kier molecular flexibility index (Phi) is 21.3. The first-order chi connectivity index (χ1) is 69.8. The van der Waals surface area contributed by atoms with E-state index < -0.39 is 10.8 Å². The minimum absolute atomic E-state index is 0.311. The molecule has 5 heteroatoms. The topological polar surface area (TPSA) is 85.3 Å². The second kappa shape index (κ2) is 34.4. The molecule has 0 saturated carbocycles. The van der Waals surface area contributed by atoms with Crippen LogP contribution >= 0.6 is 0 Å². The molecule has 3 spiro atoms. The molecule has 20 aromatic rings. The molecule has 143 heavy (non-hydrogen) atoms. The molecule has 7 aliphatic carbocycles. The normalized spacial score (nSPS) is 13.6. The lowest BCUT2D eigenvalue weighted by atomic mass is 9.67. The van der Waals surface area contributed by atoms with Gasteiger partial charge in [-0.3, -0.25) is 24.0 Å². The van der Waals surface area contributed by atoms with E-state index in [2.05, 4.69) is 366 Å². The Bertz CT molecular complexity index is 8430.